The molecular formula is C21H22Cl2N2O. The number of hydrogen-bond donors (Lipinski definition) is 0. The van der Waals surface area contributed by atoms with Crippen molar-refractivity contribution < 1.29 is 4.79 Å². The summed E-state index contributed by atoms with van der Waals surface area (Å²) < 4.78 is 0. The first kappa shape index (κ1) is 17.8. The maximum Gasteiger partial charge on any atom is 0.246 e. The van der Waals surface area contributed by atoms with Gasteiger partial charge in [0.25, 0.3) is 0 Å². The Morgan fingerprint density at radius 3 is 2.42 bits per heavy atom. The summed E-state index contributed by atoms with van der Waals surface area (Å²) in [5, 5.41) is 0.971. The van der Waals surface area contributed by atoms with Gasteiger partial charge in [-0.15, -0.1) is 0 Å². The van der Waals surface area contributed by atoms with Crippen LogP contribution in [0.1, 0.15) is 49.9 Å². The number of amides is 1. The first-order chi connectivity index (χ1) is 12.5. The molecule has 2 aliphatic heterocycles. The van der Waals surface area contributed by atoms with Gasteiger partial charge in [-0.25, -0.2) is 0 Å². The molecule has 2 atom stereocenters. The Morgan fingerprint density at radius 1 is 1.04 bits per heavy atom. The van der Waals surface area contributed by atoms with E-state index in [0.717, 1.165) is 30.6 Å². The van der Waals surface area contributed by atoms with Crippen molar-refractivity contribution in [3.8, 4) is 0 Å². The SMILES string of the molecule is CC(C)c1ccc(C2N(c3ccc(Cl)c(Cl)c3)C(=O)C3CCCN32)cc1. The molecule has 2 fully saturated rings. The highest BCUT2D eigenvalue weighted by Crippen LogP contribution is 2.43. The van der Waals surface area contributed by atoms with E-state index in [0.29, 0.717) is 16.0 Å². The van der Waals surface area contributed by atoms with Crippen molar-refractivity contribution in [2.24, 2.45) is 0 Å². The zero-order valence-electron chi connectivity index (χ0n) is 15.0. The zero-order chi connectivity index (χ0) is 18.4. The average molecular weight is 389 g/mol. The monoisotopic (exact) mass is 388 g/mol. The molecule has 0 saturated carbocycles. The van der Waals surface area contributed by atoms with Crippen molar-refractivity contribution in [1.29, 1.82) is 0 Å². The predicted molar refractivity (Wildman–Crippen MR) is 107 cm³/mol. The molecule has 3 nitrogen and oxygen atoms in total. The normalized spacial score (nSPS) is 23.1. The lowest BCUT2D eigenvalue weighted by molar-refractivity contribution is -0.119. The van der Waals surface area contributed by atoms with E-state index in [-0.39, 0.29) is 18.1 Å². The van der Waals surface area contributed by atoms with Crippen molar-refractivity contribution >= 4 is 34.8 Å². The largest absolute Gasteiger partial charge is 0.290 e. The molecule has 5 heteroatoms. The second kappa shape index (κ2) is 6.88. The van der Waals surface area contributed by atoms with E-state index in [2.05, 4.69) is 43.0 Å². The summed E-state index contributed by atoms with van der Waals surface area (Å²) in [6.07, 6.45) is 1.89. The number of rotatable bonds is 3. The van der Waals surface area contributed by atoms with Crippen LogP contribution in [-0.4, -0.2) is 23.4 Å². The smallest absolute Gasteiger partial charge is 0.246 e. The molecule has 0 aromatic heterocycles. The molecule has 2 unspecified atom stereocenters. The van der Waals surface area contributed by atoms with Gasteiger partial charge in [0.15, 0.2) is 0 Å². The number of benzene rings is 2. The van der Waals surface area contributed by atoms with Gasteiger partial charge >= 0.3 is 0 Å². The highest BCUT2D eigenvalue weighted by molar-refractivity contribution is 6.42. The maximum absolute atomic E-state index is 13.2. The number of carbonyl (C=O) groups is 1. The van der Waals surface area contributed by atoms with Crippen LogP contribution < -0.4 is 4.90 Å². The van der Waals surface area contributed by atoms with Gasteiger partial charge in [-0.2, -0.15) is 0 Å². The molecule has 26 heavy (non-hydrogen) atoms. The lowest BCUT2D eigenvalue weighted by atomic mass is 10.0. The van der Waals surface area contributed by atoms with Gasteiger partial charge < -0.3 is 0 Å². The van der Waals surface area contributed by atoms with Crippen LogP contribution in [0.5, 0.6) is 0 Å². The van der Waals surface area contributed by atoms with E-state index in [1.807, 2.05) is 11.0 Å². The first-order valence-electron chi connectivity index (χ1n) is 9.11. The van der Waals surface area contributed by atoms with Gasteiger partial charge in [-0.3, -0.25) is 14.6 Å². The fourth-order valence-corrected chi connectivity index (χ4v) is 4.37. The molecule has 0 aliphatic carbocycles. The van der Waals surface area contributed by atoms with E-state index in [9.17, 15) is 4.79 Å². The highest BCUT2D eigenvalue weighted by Gasteiger charge is 2.49. The maximum atomic E-state index is 13.2. The molecule has 2 aromatic carbocycles. The van der Waals surface area contributed by atoms with Crippen LogP contribution in [0.3, 0.4) is 0 Å². The molecule has 2 saturated heterocycles. The van der Waals surface area contributed by atoms with Gasteiger partial charge in [-0.05, 0) is 48.1 Å². The molecule has 2 heterocycles. The van der Waals surface area contributed by atoms with Gasteiger partial charge in [0.2, 0.25) is 5.91 Å². The quantitative estimate of drug-likeness (QED) is 0.680. The molecule has 2 aromatic rings. The zero-order valence-corrected chi connectivity index (χ0v) is 16.5. The number of hydrogen-bond acceptors (Lipinski definition) is 2. The van der Waals surface area contributed by atoms with Gasteiger partial charge in [0.05, 0.1) is 16.1 Å². The third-order valence-electron chi connectivity index (χ3n) is 5.46. The second-order valence-corrected chi connectivity index (χ2v) is 8.21. The fourth-order valence-electron chi connectivity index (χ4n) is 4.07. The highest BCUT2D eigenvalue weighted by atomic mass is 35.5. The minimum Gasteiger partial charge on any atom is -0.290 e. The summed E-state index contributed by atoms with van der Waals surface area (Å²) in [6.45, 7) is 5.31. The van der Waals surface area contributed by atoms with Crippen molar-refractivity contribution in [2.75, 3.05) is 11.4 Å². The van der Waals surface area contributed by atoms with Crippen molar-refractivity contribution in [2.45, 2.75) is 44.8 Å². The van der Waals surface area contributed by atoms with Crippen LogP contribution in [0.2, 0.25) is 10.0 Å². The van der Waals surface area contributed by atoms with E-state index in [1.54, 1.807) is 12.1 Å². The number of carbonyl (C=O) groups excluding carboxylic acids is 1. The Bertz CT molecular complexity index is 834. The Kier molecular flexibility index (Phi) is 4.72. The van der Waals surface area contributed by atoms with Gasteiger partial charge in [0.1, 0.15) is 6.17 Å². The number of halogens is 2. The lowest BCUT2D eigenvalue weighted by Gasteiger charge is -2.30. The second-order valence-electron chi connectivity index (χ2n) is 7.40. The standard InChI is InChI=1S/C21H22Cl2N2O/c1-13(2)14-5-7-15(8-6-14)20-24-11-3-4-19(24)21(26)25(20)16-9-10-17(22)18(23)12-16/h5-10,12-13,19-20H,3-4,11H2,1-2H3. The minimum atomic E-state index is -0.0894. The topological polar surface area (TPSA) is 23.6 Å². The van der Waals surface area contributed by atoms with Crippen molar-refractivity contribution in [3.63, 3.8) is 0 Å². The van der Waals surface area contributed by atoms with Crippen LogP contribution >= 0.6 is 23.2 Å². The van der Waals surface area contributed by atoms with Crippen LogP contribution in [0.25, 0.3) is 0 Å². The molecule has 0 N–H and O–H groups in total. The van der Waals surface area contributed by atoms with Crippen LogP contribution in [0, 0.1) is 0 Å². The Labute approximate surface area is 164 Å². The van der Waals surface area contributed by atoms with Crippen molar-refractivity contribution in [3.05, 3.63) is 63.6 Å². The van der Waals surface area contributed by atoms with Gasteiger partial charge in [-0.1, -0.05) is 61.3 Å². The van der Waals surface area contributed by atoms with Gasteiger partial charge in [0, 0.05) is 12.2 Å². The number of nitrogens with zero attached hydrogens (tertiary/aromatic N) is 2. The third kappa shape index (κ3) is 2.92. The summed E-state index contributed by atoms with van der Waals surface area (Å²) in [6, 6.07) is 14.0. The first-order valence-corrected chi connectivity index (χ1v) is 9.86. The van der Waals surface area contributed by atoms with Crippen LogP contribution in [0.15, 0.2) is 42.5 Å². The minimum absolute atomic E-state index is 0.0424. The number of anilines is 1. The molecule has 0 spiro atoms. The summed E-state index contributed by atoms with van der Waals surface area (Å²) >= 11 is 12.3. The summed E-state index contributed by atoms with van der Waals surface area (Å²) in [5.41, 5.74) is 3.24. The fraction of sp³-hybridized carbons (Fsp3) is 0.381. The average Bonchev–Trinajstić information content (AvgIpc) is 3.20. The molecule has 0 radical (unpaired) electrons. The Hall–Kier alpha value is -1.55. The van der Waals surface area contributed by atoms with Crippen LogP contribution in [0.4, 0.5) is 5.69 Å². The Morgan fingerprint density at radius 2 is 1.77 bits per heavy atom. The lowest BCUT2D eigenvalue weighted by Crippen LogP contribution is -2.32. The summed E-state index contributed by atoms with van der Waals surface area (Å²) in [5.74, 6) is 0.638. The molecule has 136 valence electrons. The molecule has 4 rings (SSSR count). The molecule has 0 bridgehead atoms. The van der Waals surface area contributed by atoms with E-state index in [1.165, 1.54) is 5.56 Å². The Balaban J connectivity index is 1.77. The predicted octanol–water partition coefficient (Wildman–Crippen LogP) is 5.63. The van der Waals surface area contributed by atoms with Crippen molar-refractivity contribution in [1.82, 2.24) is 4.90 Å². The van der Waals surface area contributed by atoms with E-state index in [4.69, 9.17) is 23.2 Å². The van der Waals surface area contributed by atoms with E-state index < -0.39 is 0 Å². The summed E-state index contributed by atoms with van der Waals surface area (Å²) in [4.78, 5) is 17.4. The van der Waals surface area contributed by atoms with E-state index >= 15 is 0 Å². The third-order valence-corrected chi connectivity index (χ3v) is 6.20. The molecule has 2 aliphatic rings. The van der Waals surface area contributed by atoms with Crippen LogP contribution in [-0.2, 0) is 4.79 Å². The molecule has 1 amide bonds. The summed E-state index contributed by atoms with van der Waals surface area (Å²) in [7, 11) is 0. The molecular weight excluding hydrogens is 367 g/mol. The number of fused-ring (bicyclic) bond motifs is 1.